The maximum atomic E-state index is 12.6. The summed E-state index contributed by atoms with van der Waals surface area (Å²) in [7, 11) is -3.79. The number of anilines is 1. The minimum atomic E-state index is -3.79. The lowest BCUT2D eigenvalue weighted by Crippen LogP contribution is -2.24. The van der Waals surface area contributed by atoms with Crippen LogP contribution < -0.4 is 19.5 Å². The molecule has 0 radical (unpaired) electrons. The van der Waals surface area contributed by atoms with E-state index in [0.29, 0.717) is 42.5 Å². The van der Waals surface area contributed by atoms with Gasteiger partial charge in [0.1, 0.15) is 13.2 Å². The van der Waals surface area contributed by atoms with Crippen molar-refractivity contribution in [3.8, 4) is 11.5 Å². The lowest BCUT2D eigenvalue weighted by Gasteiger charge is -2.19. The Kier molecular flexibility index (Phi) is 6.41. The number of amides is 1. The van der Waals surface area contributed by atoms with E-state index in [4.69, 9.17) is 9.47 Å². The van der Waals surface area contributed by atoms with E-state index in [1.165, 1.54) is 12.1 Å². The Bertz CT molecular complexity index is 926. The molecule has 1 amide bonds. The summed E-state index contributed by atoms with van der Waals surface area (Å²) in [6.45, 7) is 3.56. The minimum Gasteiger partial charge on any atom is -0.486 e. The summed E-state index contributed by atoms with van der Waals surface area (Å²) >= 11 is 0. The third-order valence-electron chi connectivity index (χ3n) is 4.29. The van der Waals surface area contributed by atoms with Gasteiger partial charge in [-0.2, -0.15) is 0 Å². The highest BCUT2D eigenvalue weighted by atomic mass is 32.2. The Labute approximate surface area is 165 Å². The summed E-state index contributed by atoms with van der Waals surface area (Å²) in [5.74, 6) is 0.765. The zero-order valence-corrected chi connectivity index (χ0v) is 16.6. The highest BCUT2D eigenvalue weighted by molar-refractivity contribution is 7.92. The zero-order valence-electron chi connectivity index (χ0n) is 15.7. The largest absolute Gasteiger partial charge is 0.486 e. The molecule has 3 rings (SSSR count). The summed E-state index contributed by atoms with van der Waals surface area (Å²) in [4.78, 5) is 12.2. The van der Waals surface area contributed by atoms with Gasteiger partial charge in [-0.25, -0.2) is 8.42 Å². The molecule has 7 nitrogen and oxygen atoms in total. The fourth-order valence-corrected chi connectivity index (χ4v) is 3.85. The van der Waals surface area contributed by atoms with Crippen LogP contribution in [0.4, 0.5) is 5.69 Å². The van der Waals surface area contributed by atoms with Gasteiger partial charge in [-0.15, -0.1) is 0 Å². The molecule has 8 heteroatoms. The zero-order chi connectivity index (χ0) is 20.0. The van der Waals surface area contributed by atoms with Crippen molar-refractivity contribution in [2.45, 2.75) is 31.1 Å². The van der Waals surface area contributed by atoms with E-state index in [9.17, 15) is 13.2 Å². The number of rotatable bonds is 8. The molecule has 1 heterocycles. The average Bonchev–Trinajstić information content (AvgIpc) is 2.71. The number of hydrogen-bond donors (Lipinski definition) is 2. The third kappa shape index (κ3) is 4.95. The molecule has 28 heavy (non-hydrogen) atoms. The predicted molar refractivity (Wildman–Crippen MR) is 107 cm³/mol. The van der Waals surface area contributed by atoms with Crippen LogP contribution in [0, 0.1) is 0 Å². The molecule has 2 aromatic rings. The minimum absolute atomic E-state index is 0.0782. The first-order valence-electron chi connectivity index (χ1n) is 9.30. The lowest BCUT2D eigenvalue weighted by atomic mass is 10.2. The van der Waals surface area contributed by atoms with Gasteiger partial charge in [-0.1, -0.05) is 19.8 Å². The summed E-state index contributed by atoms with van der Waals surface area (Å²) in [5, 5.41) is 2.85. The highest BCUT2D eigenvalue weighted by Crippen LogP contribution is 2.32. The second-order valence-electron chi connectivity index (χ2n) is 6.45. The Morgan fingerprint density at radius 3 is 2.43 bits per heavy atom. The number of hydrogen-bond acceptors (Lipinski definition) is 5. The molecule has 0 bridgehead atoms. The summed E-state index contributed by atoms with van der Waals surface area (Å²) in [6.07, 6.45) is 3.10. The quantitative estimate of drug-likeness (QED) is 0.659. The molecule has 2 aromatic carbocycles. The van der Waals surface area contributed by atoms with E-state index in [2.05, 4.69) is 17.0 Å². The van der Waals surface area contributed by atoms with Crippen LogP contribution in [0.2, 0.25) is 0 Å². The number of nitrogens with one attached hydrogen (secondary N) is 2. The molecular weight excluding hydrogens is 380 g/mol. The topological polar surface area (TPSA) is 93.7 Å². The molecule has 0 unspecified atom stereocenters. The first-order valence-corrected chi connectivity index (χ1v) is 10.8. The fourth-order valence-electron chi connectivity index (χ4n) is 2.77. The standard InChI is InChI=1S/C20H24N2O5S/c1-2-3-4-11-21-20(23)15-5-7-16(8-6-15)22-28(24,25)17-9-10-18-19(14-17)27-13-12-26-18/h5-10,14,22H,2-4,11-13H2,1H3,(H,21,23). The maximum absolute atomic E-state index is 12.6. The van der Waals surface area contributed by atoms with Crippen molar-refractivity contribution in [1.82, 2.24) is 5.32 Å². The van der Waals surface area contributed by atoms with Crippen LogP contribution in [-0.4, -0.2) is 34.1 Å². The number of ether oxygens (including phenoxy) is 2. The van der Waals surface area contributed by atoms with Gasteiger partial charge in [0.15, 0.2) is 11.5 Å². The van der Waals surface area contributed by atoms with E-state index < -0.39 is 10.0 Å². The smallest absolute Gasteiger partial charge is 0.262 e. The van der Waals surface area contributed by atoms with Gasteiger partial charge >= 0.3 is 0 Å². The summed E-state index contributed by atoms with van der Waals surface area (Å²) in [6, 6.07) is 10.8. The molecule has 2 N–H and O–H groups in total. The predicted octanol–water partition coefficient (Wildman–Crippen LogP) is 3.18. The molecule has 0 aromatic heterocycles. The van der Waals surface area contributed by atoms with Gasteiger partial charge in [0.05, 0.1) is 4.90 Å². The van der Waals surface area contributed by atoms with Crippen LogP contribution in [0.15, 0.2) is 47.4 Å². The molecule has 1 aliphatic rings. The second-order valence-corrected chi connectivity index (χ2v) is 8.13. The molecule has 0 atom stereocenters. The first kappa shape index (κ1) is 20.0. The molecular formula is C20H24N2O5S. The van der Waals surface area contributed by atoms with E-state index >= 15 is 0 Å². The lowest BCUT2D eigenvalue weighted by molar-refractivity contribution is 0.0953. The summed E-state index contributed by atoms with van der Waals surface area (Å²) in [5.41, 5.74) is 0.858. The number of fused-ring (bicyclic) bond motifs is 1. The van der Waals surface area contributed by atoms with Crippen LogP contribution in [0.5, 0.6) is 11.5 Å². The molecule has 0 fully saturated rings. The SMILES string of the molecule is CCCCCNC(=O)c1ccc(NS(=O)(=O)c2ccc3c(c2)OCCO3)cc1. The van der Waals surface area contributed by atoms with Gasteiger partial charge in [-0.3, -0.25) is 9.52 Å². The van der Waals surface area contributed by atoms with Crippen molar-refractivity contribution in [3.63, 3.8) is 0 Å². The van der Waals surface area contributed by atoms with E-state index in [1.54, 1.807) is 30.3 Å². The monoisotopic (exact) mass is 404 g/mol. The number of benzene rings is 2. The van der Waals surface area contributed by atoms with Crippen LogP contribution >= 0.6 is 0 Å². The van der Waals surface area contributed by atoms with Gasteiger partial charge in [0.2, 0.25) is 0 Å². The van der Waals surface area contributed by atoms with E-state index in [1.807, 2.05) is 0 Å². The van der Waals surface area contributed by atoms with Crippen molar-refractivity contribution in [3.05, 3.63) is 48.0 Å². The van der Waals surface area contributed by atoms with Crippen molar-refractivity contribution >= 4 is 21.6 Å². The van der Waals surface area contributed by atoms with Crippen molar-refractivity contribution < 1.29 is 22.7 Å². The molecule has 0 saturated heterocycles. The maximum Gasteiger partial charge on any atom is 0.262 e. The molecule has 1 aliphatic heterocycles. The molecule has 0 saturated carbocycles. The van der Waals surface area contributed by atoms with Crippen LogP contribution in [0.3, 0.4) is 0 Å². The third-order valence-corrected chi connectivity index (χ3v) is 5.67. The van der Waals surface area contributed by atoms with Crippen LogP contribution in [0.1, 0.15) is 36.5 Å². The number of unbranched alkanes of at least 4 members (excludes halogenated alkanes) is 2. The fraction of sp³-hybridized carbons (Fsp3) is 0.350. The van der Waals surface area contributed by atoms with Crippen LogP contribution in [-0.2, 0) is 10.0 Å². The van der Waals surface area contributed by atoms with Gasteiger partial charge in [-0.05, 0) is 42.8 Å². The number of sulfonamides is 1. The van der Waals surface area contributed by atoms with E-state index in [0.717, 1.165) is 19.3 Å². The second kappa shape index (κ2) is 8.97. The molecule has 150 valence electrons. The number of carbonyl (C=O) groups is 1. The van der Waals surface area contributed by atoms with Crippen LogP contribution in [0.25, 0.3) is 0 Å². The van der Waals surface area contributed by atoms with Gasteiger partial charge < -0.3 is 14.8 Å². The van der Waals surface area contributed by atoms with E-state index in [-0.39, 0.29) is 10.8 Å². The first-order chi connectivity index (χ1) is 13.5. The Morgan fingerprint density at radius 1 is 1.00 bits per heavy atom. The number of carbonyl (C=O) groups excluding carboxylic acids is 1. The molecule has 0 spiro atoms. The van der Waals surface area contributed by atoms with Gasteiger partial charge in [0.25, 0.3) is 15.9 Å². The highest BCUT2D eigenvalue weighted by Gasteiger charge is 2.19. The molecule has 0 aliphatic carbocycles. The normalized spacial score (nSPS) is 13.0. The Hall–Kier alpha value is -2.74. The Morgan fingerprint density at radius 2 is 1.71 bits per heavy atom. The Balaban J connectivity index is 1.65. The van der Waals surface area contributed by atoms with Crippen molar-refractivity contribution in [1.29, 1.82) is 0 Å². The van der Waals surface area contributed by atoms with Crippen molar-refractivity contribution in [2.75, 3.05) is 24.5 Å². The average molecular weight is 404 g/mol. The summed E-state index contributed by atoms with van der Waals surface area (Å²) < 4.78 is 38.6. The van der Waals surface area contributed by atoms with Crippen molar-refractivity contribution in [2.24, 2.45) is 0 Å². The van der Waals surface area contributed by atoms with Gasteiger partial charge in [0, 0.05) is 23.9 Å².